The SMILES string of the molecule is CC(=O)c1ccc(C=CCC(=O)O)c(N)c1. The summed E-state index contributed by atoms with van der Waals surface area (Å²) in [7, 11) is 0. The first kappa shape index (κ1) is 12.0. The van der Waals surface area contributed by atoms with E-state index in [0.29, 0.717) is 16.8 Å². The summed E-state index contributed by atoms with van der Waals surface area (Å²) in [6.45, 7) is 1.47. The fraction of sp³-hybridized carbons (Fsp3) is 0.167. The number of carboxylic acid groups (broad SMARTS) is 1. The second-order valence-electron chi connectivity index (χ2n) is 3.40. The van der Waals surface area contributed by atoms with Gasteiger partial charge >= 0.3 is 5.97 Å². The topological polar surface area (TPSA) is 80.4 Å². The predicted octanol–water partition coefficient (Wildman–Crippen LogP) is 1.96. The van der Waals surface area contributed by atoms with E-state index in [1.165, 1.54) is 13.0 Å². The van der Waals surface area contributed by atoms with Crippen LogP contribution in [0.1, 0.15) is 29.3 Å². The molecule has 3 N–H and O–H groups in total. The van der Waals surface area contributed by atoms with Gasteiger partial charge in [-0.3, -0.25) is 9.59 Å². The van der Waals surface area contributed by atoms with E-state index in [9.17, 15) is 9.59 Å². The third kappa shape index (κ3) is 3.24. The number of nitrogen functional groups attached to an aromatic ring is 1. The molecule has 0 radical (unpaired) electrons. The molecule has 0 aliphatic rings. The van der Waals surface area contributed by atoms with Gasteiger partial charge in [-0.15, -0.1) is 0 Å². The Balaban J connectivity index is 2.87. The number of benzene rings is 1. The van der Waals surface area contributed by atoms with Crippen molar-refractivity contribution in [3.63, 3.8) is 0 Å². The Labute approximate surface area is 93.4 Å². The molecule has 0 aliphatic heterocycles. The highest BCUT2D eigenvalue weighted by Crippen LogP contribution is 2.16. The van der Waals surface area contributed by atoms with E-state index in [-0.39, 0.29) is 12.2 Å². The van der Waals surface area contributed by atoms with Crippen molar-refractivity contribution in [3.8, 4) is 0 Å². The van der Waals surface area contributed by atoms with Crippen molar-refractivity contribution in [2.24, 2.45) is 0 Å². The van der Waals surface area contributed by atoms with Crippen LogP contribution in [0.15, 0.2) is 24.3 Å². The minimum absolute atomic E-state index is 0.0477. The molecule has 0 bridgehead atoms. The number of ketones is 1. The summed E-state index contributed by atoms with van der Waals surface area (Å²) >= 11 is 0. The van der Waals surface area contributed by atoms with Crippen molar-refractivity contribution >= 4 is 23.5 Å². The summed E-state index contributed by atoms with van der Waals surface area (Å²) in [6.07, 6.45) is 3.10. The number of hydrogen-bond acceptors (Lipinski definition) is 3. The molecular formula is C12H13NO3. The quantitative estimate of drug-likeness (QED) is 0.599. The van der Waals surface area contributed by atoms with E-state index < -0.39 is 5.97 Å². The maximum Gasteiger partial charge on any atom is 0.307 e. The van der Waals surface area contributed by atoms with Crippen molar-refractivity contribution in [3.05, 3.63) is 35.4 Å². The van der Waals surface area contributed by atoms with Gasteiger partial charge in [-0.2, -0.15) is 0 Å². The fourth-order valence-corrected chi connectivity index (χ4v) is 1.23. The summed E-state index contributed by atoms with van der Waals surface area (Å²) in [5.74, 6) is -0.942. The first-order valence-corrected chi connectivity index (χ1v) is 4.79. The van der Waals surface area contributed by atoms with Gasteiger partial charge in [-0.05, 0) is 18.6 Å². The highest BCUT2D eigenvalue weighted by atomic mass is 16.4. The average molecular weight is 219 g/mol. The lowest BCUT2D eigenvalue weighted by Crippen LogP contribution is -1.96. The Kier molecular flexibility index (Phi) is 3.83. The van der Waals surface area contributed by atoms with Crippen LogP contribution in [0.3, 0.4) is 0 Å². The Morgan fingerprint density at radius 1 is 1.44 bits per heavy atom. The number of rotatable bonds is 4. The van der Waals surface area contributed by atoms with Gasteiger partial charge in [0, 0.05) is 11.3 Å². The van der Waals surface area contributed by atoms with Crippen molar-refractivity contribution in [1.29, 1.82) is 0 Å². The van der Waals surface area contributed by atoms with E-state index in [1.54, 1.807) is 24.3 Å². The summed E-state index contributed by atoms with van der Waals surface area (Å²) in [6, 6.07) is 4.95. The number of carbonyl (C=O) groups excluding carboxylic acids is 1. The number of carboxylic acids is 1. The van der Waals surface area contributed by atoms with Gasteiger partial charge < -0.3 is 10.8 Å². The molecule has 4 nitrogen and oxygen atoms in total. The van der Waals surface area contributed by atoms with Gasteiger partial charge in [0.2, 0.25) is 0 Å². The first-order chi connectivity index (χ1) is 7.50. The summed E-state index contributed by atoms with van der Waals surface area (Å²) in [4.78, 5) is 21.4. The van der Waals surface area contributed by atoms with Gasteiger partial charge in [0.1, 0.15) is 0 Å². The largest absolute Gasteiger partial charge is 0.481 e. The molecule has 0 heterocycles. The molecule has 0 fully saturated rings. The zero-order chi connectivity index (χ0) is 12.1. The Morgan fingerprint density at radius 2 is 2.12 bits per heavy atom. The van der Waals surface area contributed by atoms with Crippen molar-refractivity contribution in [2.75, 3.05) is 5.73 Å². The maximum absolute atomic E-state index is 11.1. The summed E-state index contributed by atoms with van der Waals surface area (Å²) in [5.41, 5.74) is 7.46. The smallest absolute Gasteiger partial charge is 0.307 e. The van der Waals surface area contributed by atoms with E-state index in [2.05, 4.69) is 0 Å². The van der Waals surface area contributed by atoms with Crippen LogP contribution in [-0.2, 0) is 4.79 Å². The third-order valence-electron chi connectivity index (χ3n) is 2.08. The Bertz CT molecular complexity index is 450. The second kappa shape index (κ2) is 5.11. The highest BCUT2D eigenvalue weighted by Gasteiger charge is 2.02. The van der Waals surface area contributed by atoms with Crippen LogP contribution in [0.5, 0.6) is 0 Å². The van der Waals surface area contributed by atoms with Gasteiger partial charge in [0.25, 0.3) is 0 Å². The number of nitrogens with two attached hydrogens (primary N) is 1. The fourth-order valence-electron chi connectivity index (χ4n) is 1.23. The minimum atomic E-state index is -0.893. The molecule has 0 aliphatic carbocycles. The molecule has 1 aromatic carbocycles. The van der Waals surface area contributed by atoms with Crippen LogP contribution in [-0.4, -0.2) is 16.9 Å². The average Bonchev–Trinajstić information content (AvgIpc) is 2.19. The number of carbonyl (C=O) groups is 2. The second-order valence-corrected chi connectivity index (χ2v) is 3.40. The Hall–Kier alpha value is -2.10. The molecule has 0 unspecified atom stereocenters. The zero-order valence-corrected chi connectivity index (χ0v) is 8.93. The van der Waals surface area contributed by atoms with Crippen LogP contribution >= 0.6 is 0 Å². The lowest BCUT2D eigenvalue weighted by Gasteiger charge is -2.02. The monoisotopic (exact) mass is 219 g/mol. The lowest BCUT2D eigenvalue weighted by atomic mass is 10.1. The van der Waals surface area contributed by atoms with E-state index in [1.807, 2.05) is 0 Å². The summed E-state index contributed by atoms with van der Waals surface area (Å²) in [5, 5.41) is 8.45. The van der Waals surface area contributed by atoms with Crippen LogP contribution in [0, 0.1) is 0 Å². The molecule has 0 saturated carbocycles. The van der Waals surface area contributed by atoms with Gasteiger partial charge in [0.05, 0.1) is 6.42 Å². The van der Waals surface area contributed by atoms with Crippen LogP contribution < -0.4 is 5.73 Å². The van der Waals surface area contributed by atoms with E-state index in [0.717, 1.165) is 0 Å². The molecule has 84 valence electrons. The maximum atomic E-state index is 11.1. The summed E-state index contributed by atoms with van der Waals surface area (Å²) < 4.78 is 0. The van der Waals surface area contributed by atoms with Crippen molar-refractivity contribution < 1.29 is 14.7 Å². The van der Waals surface area contributed by atoms with Gasteiger partial charge in [-0.25, -0.2) is 0 Å². The van der Waals surface area contributed by atoms with E-state index >= 15 is 0 Å². The van der Waals surface area contributed by atoms with Crippen molar-refractivity contribution in [2.45, 2.75) is 13.3 Å². The zero-order valence-electron chi connectivity index (χ0n) is 8.93. The minimum Gasteiger partial charge on any atom is -0.481 e. The predicted molar refractivity (Wildman–Crippen MR) is 62.1 cm³/mol. The Morgan fingerprint density at radius 3 is 2.62 bits per heavy atom. The molecule has 1 aromatic rings. The number of anilines is 1. The molecule has 1 rings (SSSR count). The molecule has 0 saturated heterocycles. The normalized spacial score (nSPS) is 10.6. The molecule has 0 amide bonds. The molecule has 0 atom stereocenters. The number of aliphatic carboxylic acids is 1. The first-order valence-electron chi connectivity index (χ1n) is 4.79. The number of hydrogen-bond donors (Lipinski definition) is 2. The molecule has 4 heteroatoms. The highest BCUT2D eigenvalue weighted by molar-refractivity contribution is 5.95. The standard InChI is InChI=1S/C12H13NO3/c1-8(14)10-6-5-9(11(13)7-10)3-2-4-12(15)16/h2-3,5-7H,4,13H2,1H3,(H,15,16). The molecule has 0 aromatic heterocycles. The third-order valence-corrected chi connectivity index (χ3v) is 2.08. The molecule has 16 heavy (non-hydrogen) atoms. The van der Waals surface area contributed by atoms with Gasteiger partial charge in [0.15, 0.2) is 5.78 Å². The van der Waals surface area contributed by atoms with Crippen molar-refractivity contribution in [1.82, 2.24) is 0 Å². The lowest BCUT2D eigenvalue weighted by molar-refractivity contribution is -0.135. The van der Waals surface area contributed by atoms with Gasteiger partial charge in [-0.1, -0.05) is 24.3 Å². The van der Waals surface area contributed by atoms with E-state index in [4.69, 9.17) is 10.8 Å². The molecule has 0 spiro atoms. The number of Topliss-reactive ketones (excluding diaryl/α,β-unsaturated/α-hetero) is 1. The van der Waals surface area contributed by atoms with Crippen LogP contribution in [0.4, 0.5) is 5.69 Å². The molecular weight excluding hydrogens is 206 g/mol. The van der Waals surface area contributed by atoms with Crippen LogP contribution in [0.2, 0.25) is 0 Å². The van der Waals surface area contributed by atoms with Crippen LogP contribution in [0.25, 0.3) is 6.08 Å².